The quantitative estimate of drug-likeness (QED) is 0.504. The van der Waals surface area contributed by atoms with Crippen LogP contribution in [0.25, 0.3) is 10.2 Å². The summed E-state index contributed by atoms with van der Waals surface area (Å²) in [6.45, 7) is 5.56. The van der Waals surface area contributed by atoms with Crippen LogP contribution in [0.15, 0.2) is 52.4 Å². The van der Waals surface area contributed by atoms with E-state index in [0.717, 1.165) is 22.2 Å². The van der Waals surface area contributed by atoms with Crippen molar-refractivity contribution >= 4 is 43.3 Å². The van der Waals surface area contributed by atoms with Crippen LogP contribution in [-0.4, -0.2) is 37.2 Å². The minimum Gasteiger partial charge on any atom is -0.465 e. The van der Waals surface area contributed by atoms with Gasteiger partial charge >= 0.3 is 5.97 Å². The van der Waals surface area contributed by atoms with Crippen molar-refractivity contribution in [1.82, 2.24) is 4.57 Å². The minimum absolute atomic E-state index is 0.0138. The fourth-order valence-corrected chi connectivity index (χ4v) is 5.01. The lowest BCUT2D eigenvalue weighted by molar-refractivity contribution is -0.143. The summed E-state index contributed by atoms with van der Waals surface area (Å²) in [6.07, 6.45) is 0.865. The molecule has 0 saturated heterocycles. The number of esters is 1. The molecular weight excluding hydrogens is 436 g/mol. The highest BCUT2D eigenvalue weighted by molar-refractivity contribution is 7.91. The molecule has 0 atom stereocenters. The van der Waals surface area contributed by atoms with Crippen molar-refractivity contribution in [2.24, 2.45) is 4.99 Å². The van der Waals surface area contributed by atoms with Crippen LogP contribution < -0.4 is 4.80 Å². The van der Waals surface area contributed by atoms with Gasteiger partial charge in [-0.15, -0.1) is 0 Å². The Morgan fingerprint density at radius 2 is 1.77 bits per heavy atom. The Hall–Kier alpha value is -2.78. The van der Waals surface area contributed by atoms with E-state index in [1.54, 1.807) is 18.4 Å². The van der Waals surface area contributed by atoms with Crippen LogP contribution in [0.5, 0.6) is 0 Å². The van der Waals surface area contributed by atoms with Crippen molar-refractivity contribution in [2.45, 2.75) is 38.6 Å². The number of fused-ring (bicyclic) bond motifs is 1. The number of carbonyl (C=O) groups is 2. The van der Waals surface area contributed by atoms with Gasteiger partial charge in [0.15, 0.2) is 14.6 Å². The molecule has 0 N–H and O–H groups in total. The molecule has 0 spiro atoms. The second-order valence-electron chi connectivity index (χ2n) is 6.78. The van der Waals surface area contributed by atoms with Gasteiger partial charge in [0, 0.05) is 5.56 Å². The highest BCUT2D eigenvalue weighted by atomic mass is 32.2. The number of aryl methyl sites for hydroxylation is 1. The third-order valence-electron chi connectivity index (χ3n) is 4.79. The third kappa shape index (κ3) is 5.11. The maximum atomic E-state index is 12.8. The second kappa shape index (κ2) is 9.57. The molecule has 0 unspecified atom stereocenters. The van der Waals surface area contributed by atoms with Crippen LogP contribution in [0.2, 0.25) is 0 Å². The van der Waals surface area contributed by atoms with Crippen LogP contribution in [0, 0.1) is 0 Å². The van der Waals surface area contributed by atoms with E-state index in [9.17, 15) is 18.0 Å². The number of carbonyl (C=O) groups excluding carboxylic acids is 2. The number of hydrogen-bond acceptors (Lipinski definition) is 6. The number of ether oxygens (including phenoxy) is 1. The van der Waals surface area contributed by atoms with Crippen LogP contribution in [0.4, 0.5) is 0 Å². The monoisotopic (exact) mass is 460 g/mol. The van der Waals surface area contributed by atoms with Gasteiger partial charge in [-0.3, -0.25) is 9.59 Å². The average Bonchev–Trinajstić information content (AvgIpc) is 3.09. The summed E-state index contributed by atoms with van der Waals surface area (Å²) in [7, 11) is -3.34. The van der Waals surface area contributed by atoms with E-state index in [2.05, 4.69) is 11.9 Å². The summed E-state index contributed by atoms with van der Waals surface area (Å²) in [5.74, 6) is -0.940. The molecule has 0 radical (unpaired) electrons. The first-order valence-corrected chi connectivity index (χ1v) is 12.5. The van der Waals surface area contributed by atoms with Gasteiger partial charge in [-0.05, 0) is 55.3 Å². The number of hydrogen-bond donors (Lipinski definition) is 0. The number of rotatable bonds is 7. The van der Waals surface area contributed by atoms with Crippen molar-refractivity contribution in [3.05, 3.63) is 58.4 Å². The first kappa shape index (κ1) is 22.9. The predicted octanol–water partition coefficient (Wildman–Crippen LogP) is 3.36. The first-order chi connectivity index (χ1) is 14.8. The van der Waals surface area contributed by atoms with Crippen LogP contribution in [0.3, 0.4) is 0 Å². The molecule has 1 amide bonds. The Kier molecular flexibility index (Phi) is 7.07. The Balaban J connectivity index is 2.05. The number of benzene rings is 2. The molecule has 0 aliphatic carbocycles. The Morgan fingerprint density at radius 3 is 2.39 bits per heavy atom. The topological polar surface area (TPSA) is 94.8 Å². The molecule has 9 heteroatoms. The summed E-state index contributed by atoms with van der Waals surface area (Å²) in [5, 5.41) is 0. The van der Waals surface area contributed by atoms with Gasteiger partial charge in [0.2, 0.25) is 0 Å². The molecule has 2 aromatic carbocycles. The fourth-order valence-electron chi connectivity index (χ4n) is 3.03. The van der Waals surface area contributed by atoms with Crippen LogP contribution in [-0.2, 0) is 32.3 Å². The summed E-state index contributed by atoms with van der Waals surface area (Å²) in [5.41, 5.74) is 2.21. The summed E-state index contributed by atoms with van der Waals surface area (Å²) < 4.78 is 31.6. The first-order valence-electron chi connectivity index (χ1n) is 9.98. The zero-order valence-corrected chi connectivity index (χ0v) is 19.3. The van der Waals surface area contributed by atoms with Gasteiger partial charge in [0.25, 0.3) is 5.91 Å². The molecule has 1 heterocycles. The lowest BCUT2D eigenvalue weighted by Gasteiger charge is -2.05. The molecule has 7 nitrogen and oxygen atoms in total. The number of nitrogens with zero attached hydrogens (tertiary/aromatic N) is 2. The van der Waals surface area contributed by atoms with E-state index in [-0.39, 0.29) is 29.4 Å². The predicted molar refractivity (Wildman–Crippen MR) is 120 cm³/mol. The zero-order chi connectivity index (χ0) is 22.6. The number of thiazole rings is 1. The van der Waals surface area contributed by atoms with E-state index in [1.807, 2.05) is 18.2 Å². The van der Waals surface area contributed by atoms with Gasteiger partial charge in [-0.1, -0.05) is 31.3 Å². The maximum Gasteiger partial charge on any atom is 0.326 e. The third-order valence-corrected chi connectivity index (χ3v) is 7.58. The molecule has 0 aliphatic rings. The highest BCUT2D eigenvalue weighted by Gasteiger charge is 2.15. The maximum absolute atomic E-state index is 12.8. The molecule has 31 heavy (non-hydrogen) atoms. The number of amides is 1. The fraction of sp³-hybridized carbons (Fsp3) is 0.318. The molecular formula is C22H24N2O5S2. The summed E-state index contributed by atoms with van der Waals surface area (Å²) >= 11 is 1.32. The molecule has 3 rings (SSSR count). The second-order valence-corrected chi connectivity index (χ2v) is 10.1. The Labute approximate surface area is 184 Å². The molecule has 3 aromatic rings. The SMILES string of the molecule is CCOC(=O)Cn1c(=NC(=O)c2ccc(S(=O)(=O)CC)cc2)sc2cc(CC)ccc21. The van der Waals surface area contributed by atoms with Gasteiger partial charge in [0.05, 0.1) is 27.5 Å². The van der Waals surface area contributed by atoms with Crippen molar-refractivity contribution in [3.8, 4) is 0 Å². The molecule has 0 bridgehead atoms. The minimum atomic E-state index is -3.34. The van der Waals surface area contributed by atoms with E-state index < -0.39 is 21.7 Å². The highest BCUT2D eigenvalue weighted by Crippen LogP contribution is 2.20. The molecule has 0 aliphatic heterocycles. The van der Waals surface area contributed by atoms with Crippen LogP contribution >= 0.6 is 11.3 Å². The molecule has 0 fully saturated rings. The molecule has 164 valence electrons. The van der Waals surface area contributed by atoms with Crippen LogP contribution in [0.1, 0.15) is 36.7 Å². The normalized spacial score (nSPS) is 12.3. The van der Waals surface area contributed by atoms with E-state index in [0.29, 0.717) is 4.80 Å². The smallest absolute Gasteiger partial charge is 0.326 e. The van der Waals surface area contributed by atoms with Gasteiger partial charge in [0.1, 0.15) is 6.54 Å². The Morgan fingerprint density at radius 1 is 1.06 bits per heavy atom. The van der Waals surface area contributed by atoms with Crippen molar-refractivity contribution in [2.75, 3.05) is 12.4 Å². The van der Waals surface area contributed by atoms with Crippen molar-refractivity contribution in [1.29, 1.82) is 0 Å². The van der Waals surface area contributed by atoms with Crippen molar-refractivity contribution in [3.63, 3.8) is 0 Å². The standard InChI is InChI=1S/C22H24N2O5S2/c1-4-15-7-12-18-19(13-15)30-22(24(18)14-20(25)29-5-2)23-21(26)16-8-10-17(11-9-16)31(27,28)6-3/h7-13H,4-6,14H2,1-3H3. The van der Waals surface area contributed by atoms with E-state index >= 15 is 0 Å². The molecule has 1 aromatic heterocycles. The number of aromatic nitrogens is 1. The average molecular weight is 461 g/mol. The lowest BCUT2D eigenvalue weighted by Crippen LogP contribution is -2.23. The zero-order valence-electron chi connectivity index (χ0n) is 17.6. The van der Waals surface area contributed by atoms with Crippen molar-refractivity contribution < 1.29 is 22.7 Å². The van der Waals surface area contributed by atoms with Gasteiger partial charge in [-0.2, -0.15) is 4.99 Å². The number of sulfone groups is 1. The largest absolute Gasteiger partial charge is 0.465 e. The Bertz CT molecular complexity index is 1290. The lowest BCUT2D eigenvalue weighted by atomic mass is 10.2. The van der Waals surface area contributed by atoms with E-state index in [1.165, 1.54) is 35.6 Å². The van der Waals surface area contributed by atoms with Gasteiger partial charge < -0.3 is 9.30 Å². The summed E-state index contributed by atoms with van der Waals surface area (Å²) in [4.78, 5) is 29.7. The summed E-state index contributed by atoms with van der Waals surface area (Å²) in [6, 6.07) is 11.6. The van der Waals surface area contributed by atoms with Gasteiger partial charge in [-0.25, -0.2) is 8.42 Å². The van der Waals surface area contributed by atoms with E-state index in [4.69, 9.17) is 4.74 Å². The molecule has 0 saturated carbocycles.